The normalized spacial score (nSPS) is 12.4. The number of hydrogen-bond acceptors (Lipinski definition) is 11. The van der Waals surface area contributed by atoms with Crippen molar-refractivity contribution in [1.82, 2.24) is 38.9 Å². The number of nitrogens with zero attached hydrogens (tertiary/aromatic N) is 8. The zero-order valence-electron chi connectivity index (χ0n) is 49.3. The van der Waals surface area contributed by atoms with Crippen LogP contribution in [0.2, 0.25) is 0 Å². The molecule has 82 heavy (non-hydrogen) atoms. The Morgan fingerprint density at radius 2 is 0.963 bits per heavy atom. The van der Waals surface area contributed by atoms with Gasteiger partial charge in [0.2, 0.25) is 11.9 Å². The molecule has 0 atom stereocenters. The quantitative estimate of drug-likeness (QED) is 0.0578. The van der Waals surface area contributed by atoms with Crippen LogP contribution in [0.15, 0.2) is 110 Å². The van der Waals surface area contributed by atoms with Gasteiger partial charge in [-0.15, -0.1) is 0 Å². The molecule has 17 nitrogen and oxygen atoms in total. The predicted molar refractivity (Wildman–Crippen MR) is 327 cm³/mol. The van der Waals surface area contributed by atoms with Crippen molar-refractivity contribution in [3.8, 4) is 22.8 Å². The van der Waals surface area contributed by atoms with Crippen LogP contribution in [0.4, 0.5) is 34.6 Å². The van der Waals surface area contributed by atoms with Gasteiger partial charge in [0.15, 0.2) is 0 Å². The lowest BCUT2D eigenvalue weighted by Gasteiger charge is -2.35. The molecule has 9 rings (SSSR count). The lowest BCUT2D eigenvalue weighted by molar-refractivity contribution is 0.0661. The molecule has 17 heteroatoms. The summed E-state index contributed by atoms with van der Waals surface area (Å²) < 4.78 is 3.81. The Kier molecular flexibility index (Phi) is 18.8. The molecular weight excluding hydrogens is 1030 g/mol. The number of carbonyl (C=O) groups is 4. The van der Waals surface area contributed by atoms with E-state index in [0.29, 0.717) is 46.0 Å². The number of hydrogen-bond donors (Lipinski definition) is 5. The summed E-state index contributed by atoms with van der Waals surface area (Å²) >= 11 is 0. The minimum absolute atomic E-state index is 0.0726. The van der Waals surface area contributed by atoms with E-state index < -0.39 is 5.97 Å². The molecule has 1 aliphatic rings. The van der Waals surface area contributed by atoms with Crippen molar-refractivity contribution in [3.63, 3.8) is 0 Å². The standard InChI is InChI=1S/C36H45N7O2.C29H31N5O3/c1-8-25-11-10-12-26(9-2)33(25)39-34(44)28-20-31(42(7)22-28)32-24(4)21-37-36(40-32)38-30-14-13-27(19-23(30)3)35(45)43-17-15-29(16-18-43)41(5)6;1-6-19-9-8-10-20(7-2)26(19)32-27(35)22-14-24(34(5)16-22)25-18(4)15-30-29(33-25)31-23-12-11-21(28(36)37)13-17(23)3/h10-14,19-22,29H,8-9,15-18H2,1-7H3,(H,39,44)(H,37,38,40);8-16H,6-7H2,1-5H3,(H,32,35)(H,36,37)(H,30,31,33). The van der Waals surface area contributed by atoms with Crippen molar-refractivity contribution >= 4 is 58.3 Å². The van der Waals surface area contributed by atoms with Crippen LogP contribution in [0.1, 0.15) is 126 Å². The van der Waals surface area contributed by atoms with E-state index in [4.69, 9.17) is 9.97 Å². The predicted octanol–water partition coefficient (Wildman–Crippen LogP) is 12.3. The fourth-order valence-electron chi connectivity index (χ4n) is 10.4. The van der Waals surface area contributed by atoms with Gasteiger partial charge in [0, 0.05) is 86.3 Å². The van der Waals surface area contributed by atoms with E-state index in [1.54, 1.807) is 30.7 Å². The highest BCUT2D eigenvalue weighted by Gasteiger charge is 2.26. The molecule has 0 aliphatic carbocycles. The number of aryl methyl sites for hydroxylation is 10. The van der Waals surface area contributed by atoms with Crippen LogP contribution < -0.4 is 21.3 Å². The molecule has 4 aromatic heterocycles. The van der Waals surface area contributed by atoms with Crippen molar-refractivity contribution in [2.45, 2.75) is 100.0 Å². The van der Waals surface area contributed by atoms with E-state index >= 15 is 0 Å². The summed E-state index contributed by atoms with van der Waals surface area (Å²) in [6.07, 6.45) is 12.5. The second-order valence-electron chi connectivity index (χ2n) is 21.2. The van der Waals surface area contributed by atoms with Crippen LogP contribution in [0, 0.1) is 27.7 Å². The molecule has 1 fully saturated rings. The van der Waals surface area contributed by atoms with E-state index in [1.165, 1.54) is 6.07 Å². The number of carboxylic acids is 1. The number of carboxylic acid groups (broad SMARTS) is 1. The number of aromatic nitrogens is 6. The Bertz CT molecular complexity index is 3620. The molecule has 0 unspecified atom stereocenters. The lowest BCUT2D eigenvalue weighted by atomic mass is 10.0. The van der Waals surface area contributed by atoms with Crippen LogP contribution in [0.3, 0.4) is 0 Å². The number of aromatic carboxylic acids is 1. The highest BCUT2D eigenvalue weighted by Crippen LogP contribution is 2.31. The highest BCUT2D eigenvalue weighted by atomic mass is 16.4. The Labute approximate surface area is 481 Å². The Morgan fingerprint density at radius 3 is 1.34 bits per heavy atom. The average Bonchev–Trinajstić information content (AvgIpc) is 4.26. The molecule has 0 radical (unpaired) electrons. The molecule has 1 saturated heterocycles. The van der Waals surface area contributed by atoms with Crippen LogP contribution in [-0.4, -0.2) is 101 Å². The zero-order valence-corrected chi connectivity index (χ0v) is 49.3. The average molecular weight is 1110 g/mol. The highest BCUT2D eigenvalue weighted by molar-refractivity contribution is 6.06. The first-order valence-corrected chi connectivity index (χ1v) is 28.1. The molecule has 1 aliphatic heterocycles. The first kappa shape index (κ1) is 59.2. The van der Waals surface area contributed by atoms with E-state index in [2.05, 4.69) is 90.1 Å². The maximum Gasteiger partial charge on any atom is 0.335 e. The Hall–Kier alpha value is -8.96. The number of amides is 3. The summed E-state index contributed by atoms with van der Waals surface area (Å²) in [5.74, 6) is -0.398. The van der Waals surface area contributed by atoms with E-state index in [-0.39, 0.29) is 23.3 Å². The Balaban J connectivity index is 0.000000219. The third kappa shape index (κ3) is 13.4. The monoisotopic (exact) mass is 1100 g/mol. The van der Waals surface area contributed by atoms with Crippen molar-refractivity contribution in [2.75, 3.05) is 48.5 Å². The number of piperidine rings is 1. The summed E-state index contributed by atoms with van der Waals surface area (Å²) in [5.41, 5.74) is 16.3. The number of rotatable bonds is 17. The second kappa shape index (κ2) is 26.1. The zero-order chi connectivity index (χ0) is 58.9. The fraction of sp³-hybridized carbons (Fsp3) is 0.323. The molecule has 426 valence electrons. The van der Waals surface area contributed by atoms with Gasteiger partial charge in [0.05, 0.1) is 39.5 Å². The number of nitrogens with one attached hydrogen (secondary N) is 4. The number of anilines is 6. The Morgan fingerprint density at radius 1 is 0.561 bits per heavy atom. The molecule has 0 bridgehead atoms. The number of carbonyl (C=O) groups excluding carboxylic acids is 3. The van der Waals surface area contributed by atoms with Gasteiger partial charge in [-0.3, -0.25) is 14.4 Å². The third-order valence-electron chi connectivity index (χ3n) is 15.4. The van der Waals surface area contributed by atoms with E-state index in [9.17, 15) is 24.3 Å². The van der Waals surface area contributed by atoms with E-state index in [0.717, 1.165) is 130 Å². The summed E-state index contributed by atoms with van der Waals surface area (Å²) in [7, 11) is 8.00. The van der Waals surface area contributed by atoms with Gasteiger partial charge in [0.1, 0.15) is 0 Å². The summed E-state index contributed by atoms with van der Waals surface area (Å²) in [6, 6.07) is 27.1. The summed E-state index contributed by atoms with van der Waals surface area (Å²) in [4.78, 5) is 73.8. The minimum Gasteiger partial charge on any atom is -0.478 e. The lowest BCUT2D eigenvalue weighted by Crippen LogP contribution is -2.44. The molecule has 0 saturated carbocycles. The number of para-hydroxylation sites is 2. The van der Waals surface area contributed by atoms with Crippen LogP contribution in [0.5, 0.6) is 0 Å². The van der Waals surface area contributed by atoms with Gasteiger partial charge in [0.25, 0.3) is 17.7 Å². The first-order valence-electron chi connectivity index (χ1n) is 28.1. The van der Waals surface area contributed by atoms with Gasteiger partial charge in [-0.25, -0.2) is 24.7 Å². The van der Waals surface area contributed by atoms with Gasteiger partial charge in [-0.2, -0.15) is 0 Å². The van der Waals surface area contributed by atoms with Crippen molar-refractivity contribution < 1.29 is 24.3 Å². The molecular formula is C65H76N12O5. The second-order valence-corrected chi connectivity index (χ2v) is 21.2. The van der Waals surface area contributed by atoms with Gasteiger partial charge in [-0.1, -0.05) is 64.1 Å². The van der Waals surface area contributed by atoms with Gasteiger partial charge in [-0.05, 0) is 173 Å². The smallest absolute Gasteiger partial charge is 0.335 e. The minimum atomic E-state index is -0.976. The fourth-order valence-corrected chi connectivity index (χ4v) is 10.4. The topological polar surface area (TPSA) is 205 Å². The molecule has 8 aromatic rings. The van der Waals surface area contributed by atoms with E-state index in [1.807, 2.05) is 117 Å². The third-order valence-corrected chi connectivity index (χ3v) is 15.4. The molecule has 5 heterocycles. The molecule has 4 aromatic carbocycles. The SMILES string of the molecule is CCc1cccc(CC)c1NC(=O)c1cc(-c2nc(Nc3ccc(C(=O)N4CCC(N(C)C)CC4)cc3C)ncc2C)n(C)c1.CCc1cccc(CC)c1NC(=O)c1cc(-c2nc(Nc3ccc(C(=O)O)cc3C)ncc2C)n(C)c1. The molecule has 3 amide bonds. The maximum absolute atomic E-state index is 13.4. The number of likely N-dealkylation sites (tertiary alicyclic amines) is 1. The summed E-state index contributed by atoms with van der Waals surface area (Å²) in [5, 5.41) is 22.0. The van der Waals surface area contributed by atoms with Crippen molar-refractivity contribution in [2.24, 2.45) is 14.1 Å². The van der Waals surface area contributed by atoms with Crippen LogP contribution in [-0.2, 0) is 39.8 Å². The van der Waals surface area contributed by atoms with Crippen molar-refractivity contribution in [1.29, 1.82) is 0 Å². The largest absolute Gasteiger partial charge is 0.478 e. The van der Waals surface area contributed by atoms with Gasteiger partial charge < -0.3 is 45.3 Å². The van der Waals surface area contributed by atoms with Crippen LogP contribution in [0.25, 0.3) is 22.8 Å². The van der Waals surface area contributed by atoms with Crippen molar-refractivity contribution in [3.05, 3.63) is 176 Å². The molecule has 0 spiro atoms. The van der Waals surface area contributed by atoms with Gasteiger partial charge >= 0.3 is 5.97 Å². The van der Waals surface area contributed by atoms with Crippen LogP contribution >= 0.6 is 0 Å². The number of benzene rings is 4. The molecule has 5 N–H and O–H groups in total. The maximum atomic E-state index is 13.4. The first-order chi connectivity index (χ1) is 39.3. The summed E-state index contributed by atoms with van der Waals surface area (Å²) in [6.45, 7) is 17.6.